The first-order chi connectivity index (χ1) is 30.6. The zero-order valence-corrected chi connectivity index (χ0v) is 39.4. The smallest absolute Gasteiger partial charge is 0.181 e. The van der Waals surface area contributed by atoms with E-state index in [1.807, 2.05) is 50.2 Å². The highest BCUT2D eigenvalue weighted by molar-refractivity contribution is 5.83. The van der Waals surface area contributed by atoms with Crippen LogP contribution in [0.1, 0.15) is 151 Å². The fourth-order valence-corrected chi connectivity index (χ4v) is 7.00. The molecule has 8 aromatic heterocycles. The van der Waals surface area contributed by atoms with Crippen molar-refractivity contribution in [2.24, 2.45) is 4.99 Å². The third-order valence-electron chi connectivity index (χ3n) is 11.2. The highest BCUT2D eigenvalue weighted by Crippen LogP contribution is 2.34. The van der Waals surface area contributed by atoms with Crippen LogP contribution in [0.4, 0.5) is 11.5 Å². The van der Waals surface area contributed by atoms with Crippen molar-refractivity contribution >= 4 is 56.5 Å². The molecule has 0 atom stereocenters. The van der Waals surface area contributed by atoms with Gasteiger partial charge in [0.25, 0.3) is 0 Å². The number of nitrogens with one attached hydrogen (secondary N) is 3. The third kappa shape index (κ3) is 11.2. The average Bonchev–Trinajstić information content (AvgIpc) is 4.15. The van der Waals surface area contributed by atoms with Gasteiger partial charge in [0, 0.05) is 71.8 Å². The van der Waals surface area contributed by atoms with E-state index < -0.39 is 0 Å². The van der Waals surface area contributed by atoms with E-state index in [1.54, 1.807) is 17.0 Å². The van der Waals surface area contributed by atoms with Crippen LogP contribution in [0.2, 0.25) is 0 Å². The van der Waals surface area contributed by atoms with Crippen LogP contribution in [-0.2, 0) is 12.8 Å². The van der Waals surface area contributed by atoms with Crippen LogP contribution < -0.4 is 5.73 Å². The number of aromatic amines is 3. The second-order valence-corrected chi connectivity index (χ2v) is 17.6. The number of nitrogens with two attached hydrogens (primary N) is 1. The Bertz CT molecular complexity index is 2860. The van der Waals surface area contributed by atoms with E-state index in [1.165, 1.54) is 44.5 Å². The van der Waals surface area contributed by atoms with Gasteiger partial charge in [-0.3, -0.25) is 15.2 Å². The molecule has 0 saturated heterocycles. The Balaban J connectivity index is 0.000000133. The molecule has 1 aliphatic heterocycles. The van der Waals surface area contributed by atoms with Gasteiger partial charge < -0.3 is 10.7 Å². The number of benzene rings is 1. The van der Waals surface area contributed by atoms with Crippen molar-refractivity contribution in [1.82, 2.24) is 59.9 Å². The lowest BCUT2D eigenvalue weighted by atomic mass is 9.97. The number of H-pyrrole nitrogens is 3. The van der Waals surface area contributed by atoms with Crippen molar-refractivity contribution in [3.05, 3.63) is 125 Å². The van der Waals surface area contributed by atoms with Gasteiger partial charge in [-0.2, -0.15) is 15.3 Å². The molecule has 1 aromatic carbocycles. The van der Waals surface area contributed by atoms with Gasteiger partial charge in [-0.25, -0.2) is 29.4 Å². The zero-order valence-electron chi connectivity index (χ0n) is 39.4. The minimum Gasteiger partial charge on any atom is -0.382 e. The minimum atomic E-state index is 0.489. The lowest BCUT2D eigenvalue weighted by Crippen LogP contribution is -1.99. The van der Waals surface area contributed by atoms with Crippen molar-refractivity contribution in [1.29, 1.82) is 0 Å². The Morgan fingerprint density at radius 1 is 0.672 bits per heavy atom. The monoisotopic (exact) mass is 861 g/mol. The number of hydrogen-bond donors (Lipinski definition) is 4. The molecule has 0 radical (unpaired) electrons. The number of pyridine rings is 3. The van der Waals surface area contributed by atoms with Gasteiger partial charge in [0.2, 0.25) is 0 Å². The first-order valence-electron chi connectivity index (χ1n) is 22.3. The van der Waals surface area contributed by atoms with Gasteiger partial charge in [-0.1, -0.05) is 82.2 Å². The number of nitrogen functional groups attached to an aromatic ring is 1. The van der Waals surface area contributed by atoms with E-state index in [2.05, 4.69) is 167 Å². The largest absolute Gasteiger partial charge is 0.382 e. The summed E-state index contributed by atoms with van der Waals surface area (Å²) in [6, 6.07) is 12.7. The van der Waals surface area contributed by atoms with Gasteiger partial charge >= 0.3 is 0 Å². The van der Waals surface area contributed by atoms with Gasteiger partial charge in [0.1, 0.15) is 11.5 Å². The van der Waals surface area contributed by atoms with E-state index in [4.69, 9.17) is 5.73 Å². The summed E-state index contributed by atoms with van der Waals surface area (Å²) >= 11 is 0. The number of aliphatic imine (C=N–C) groups is 1. The average molecular weight is 861 g/mol. The van der Waals surface area contributed by atoms with Crippen LogP contribution in [0, 0.1) is 6.92 Å². The maximum atomic E-state index is 5.72. The van der Waals surface area contributed by atoms with Gasteiger partial charge in [0.05, 0.1) is 23.6 Å². The van der Waals surface area contributed by atoms with Crippen LogP contribution in [0.5, 0.6) is 0 Å². The van der Waals surface area contributed by atoms with Gasteiger partial charge in [-0.15, -0.1) is 0 Å². The van der Waals surface area contributed by atoms with Crippen molar-refractivity contribution in [3.63, 3.8) is 0 Å². The Labute approximate surface area is 376 Å². The lowest BCUT2D eigenvalue weighted by molar-refractivity contribution is 0.821. The second kappa shape index (κ2) is 21.0. The highest BCUT2D eigenvalue weighted by Gasteiger charge is 2.17. The summed E-state index contributed by atoms with van der Waals surface area (Å²) in [4.78, 5) is 28.2. The molecule has 64 heavy (non-hydrogen) atoms. The number of nitrogens with zero attached hydrogens (tertiary/aromatic N) is 10. The molecule has 1 aliphatic rings. The number of rotatable bonds is 6. The van der Waals surface area contributed by atoms with E-state index in [0.717, 1.165) is 57.6 Å². The number of aryl methyl sites for hydroxylation is 2. The second-order valence-electron chi connectivity index (χ2n) is 17.6. The molecule has 14 heteroatoms. The molecule has 0 unspecified atom stereocenters. The SMILES string of the molecule is CC(C)c1cnc(N)c2c1CC=N2.CC(C)c1cnc2ccnn2c1.CC(C)c1cnc2nc[nH]c2c1.CCc1[nH]nc2ccc(C(C)C)cc12.Cc1[nH]nc2ncc(C(C)C)cc12. The molecule has 0 bridgehead atoms. The first-order valence-corrected chi connectivity index (χ1v) is 22.3. The molecule has 10 rings (SSSR count). The summed E-state index contributed by atoms with van der Waals surface area (Å²) in [6.07, 6.45) is 16.8. The molecular formula is C50H64N14. The number of imidazole rings is 1. The standard InChI is InChI=1S/C12H16N2.2C10H13N3.2C9H11N3/c1-4-11-10-7-9(8(2)3)5-6-12(10)14-13-11;1-6(2)8-4-9-7(3)12-13-10(9)11-5-8;1-6(2)8-5-13-10(11)9-7(8)3-4-12-9;1-6(2)7-3-8-9(10-4-7)12-5-11-8;1-7(2)8-5-10-9-3-4-11-12(9)6-8/h5-8H,4H2,1-3H3,(H,13,14);4-6H,1-3H3,(H,11,12,13);4-6H,3H2,1-2H3,(H2,11,13);3-6H,1-2H3,(H,10,11,12);3-7H,1-2H3. The molecule has 0 amide bonds. The van der Waals surface area contributed by atoms with Crippen LogP contribution in [0.15, 0.2) is 84.9 Å². The molecule has 0 fully saturated rings. The summed E-state index contributed by atoms with van der Waals surface area (Å²) in [6.45, 7) is 25.8. The fraction of sp³-hybridized carbons (Fsp3) is 0.380. The summed E-state index contributed by atoms with van der Waals surface area (Å²) in [5.41, 5.74) is 21.1. The van der Waals surface area contributed by atoms with Crippen LogP contribution in [-0.4, -0.2) is 66.1 Å². The highest BCUT2D eigenvalue weighted by atomic mass is 15.2. The predicted octanol–water partition coefficient (Wildman–Crippen LogP) is 11.6. The Morgan fingerprint density at radius 3 is 2.03 bits per heavy atom. The number of anilines is 1. The molecule has 14 nitrogen and oxygen atoms in total. The molecular weight excluding hydrogens is 797 g/mol. The number of hydrogen-bond acceptors (Lipinski definition) is 10. The molecule has 9 heterocycles. The molecule has 0 aliphatic carbocycles. The van der Waals surface area contributed by atoms with E-state index in [0.29, 0.717) is 35.4 Å². The third-order valence-corrected chi connectivity index (χ3v) is 11.2. The van der Waals surface area contributed by atoms with Crippen LogP contribution in [0.25, 0.3) is 38.7 Å². The summed E-state index contributed by atoms with van der Waals surface area (Å²) < 4.78 is 1.80. The van der Waals surface area contributed by atoms with Crippen LogP contribution in [0.3, 0.4) is 0 Å². The quantitative estimate of drug-likeness (QED) is 0.126. The van der Waals surface area contributed by atoms with Crippen molar-refractivity contribution < 1.29 is 0 Å². The molecule has 5 N–H and O–H groups in total. The predicted molar refractivity (Wildman–Crippen MR) is 262 cm³/mol. The minimum absolute atomic E-state index is 0.489. The summed E-state index contributed by atoms with van der Waals surface area (Å²) in [7, 11) is 0. The zero-order chi connectivity index (χ0) is 46.1. The van der Waals surface area contributed by atoms with E-state index >= 15 is 0 Å². The lowest BCUT2D eigenvalue weighted by Gasteiger charge is -2.11. The van der Waals surface area contributed by atoms with Crippen LogP contribution >= 0.6 is 0 Å². The van der Waals surface area contributed by atoms with E-state index in [-0.39, 0.29) is 0 Å². The Morgan fingerprint density at radius 2 is 1.34 bits per heavy atom. The van der Waals surface area contributed by atoms with Gasteiger partial charge in [-0.05, 0) is 101 Å². The Kier molecular flexibility index (Phi) is 15.3. The summed E-state index contributed by atoms with van der Waals surface area (Å²) in [5.74, 6) is 3.17. The van der Waals surface area contributed by atoms with E-state index in [9.17, 15) is 0 Å². The maximum absolute atomic E-state index is 5.72. The maximum Gasteiger partial charge on any atom is 0.181 e. The number of aromatic nitrogens is 12. The molecule has 0 saturated carbocycles. The molecule has 0 spiro atoms. The first kappa shape index (κ1) is 46.7. The Hall–Kier alpha value is -6.83. The van der Waals surface area contributed by atoms with Crippen molar-refractivity contribution in [3.8, 4) is 0 Å². The molecule has 334 valence electrons. The van der Waals surface area contributed by atoms with Crippen molar-refractivity contribution in [2.75, 3.05) is 5.73 Å². The molecule has 9 aromatic rings. The van der Waals surface area contributed by atoms with Crippen molar-refractivity contribution in [2.45, 2.75) is 126 Å². The van der Waals surface area contributed by atoms with Gasteiger partial charge in [0.15, 0.2) is 16.9 Å². The normalized spacial score (nSPS) is 11.8. The fourth-order valence-electron chi connectivity index (χ4n) is 7.00. The topological polar surface area (TPSA) is 193 Å². The summed E-state index contributed by atoms with van der Waals surface area (Å²) in [5, 5.41) is 20.9. The number of fused-ring (bicyclic) bond motifs is 5.